The van der Waals surface area contributed by atoms with Crippen LogP contribution in [0.2, 0.25) is 0 Å². The number of ether oxygens (including phenoxy) is 1. The molecule has 0 spiro atoms. The molecule has 4 heteroatoms. The number of carbonyl (C=O) groups is 2. The average molecular weight is 314 g/mol. The molecule has 0 amide bonds. The van der Waals surface area contributed by atoms with Crippen molar-refractivity contribution in [2.45, 2.75) is 58.5 Å². The van der Waals surface area contributed by atoms with E-state index in [0.29, 0.717) is 6.42 Å². The number of aliphatic hydroxyl groups excluding tert-OH is 1. The first-order chi connectivity index (χ1) is 10.7. The average Bonchev–Trinajstić information content (AvgIpc) is 2.72. The van der Waals surface area contributed by atoms with Gasteiger partial charge < -0.3 is 9.84 Å². The van der Waals surface area contributed by atoms with Gasteiger partial charge in [0.2, 0.25) is 0 Å². The molecule has 0 aromatic heterocycles. The maximum atomic E-state index is 12.2. The minimum atomic E-state index is -0.355. The molecule has 0 saturated carbocycles. The molecule has 4 nitrogen and oxygen atoms in total. The number of Topliss-reactive ketones (excluding diaryl/α,β-unsaturated/α-hetero) is 2. The van der Waals surface area contributed by atoms with Crippen LogP contribution in [0.1, 0.15) is 56.2 Å². The summed E-state index contributed by atoms with van der Waals surface area (Å²) in [4.78, 5) is 23.7. The Hall–Kier alpha value is -2.10. The van der Waals surface area contributed by atoms with E-state index in [0.717, 1.165) is 28.9 Å². The molecule has 3 rings (SSSR count). The molecule has 0 bridgehead atoms. The van der Waals surface area contributed by atoms with Crippen molar-refractivity contribution in [3.8, 4) is 5.75 Å². The Balaban J connectivity index is 1.95. The molecule has 2 aliphatic rings. The number of allylic oxidation sites excluding steroid dienone is 2. The molecule has 1 aromatic rings. The Morgan fingerprint density at radius 1 is 1.30 bits per heavy atom. The van der Waals surface area contributed by atoms with E-state index in [9.17, 15) is 14.7 Å². The highest BCUT2D eigenvalue weighted by Crippen LogP contribution is 2.42. The van der Waals surface area contributed by atoms with Crippen molar-refractivity contribution in [1.29, 1.82) is 0 Å². The van der Waals surface area contributed by atoms with Crippen LogP contribution in [0.15, 0.2) is 23.5 Å². The number of hydrogen-bond acceptors (Lipinski definition) is 4. The van der Waals surface area contributed by atoms with Crippen LogP contribution in [0.25, 0.3) is 0 Å². The second-order valence-electron chi connectivity index (χ2n) is 7.27. The molecule has 1 aromatic carbocycles. The number of ketones is 2. The van der Waals surface area contributed by atoms with E-state index in [-0.39, 0.29) is 40.8 Å². The molecule has 1 aliphatic carbocycles. The molecule has 0 saturated heterocycles. The summed E-state index contributed by atoms with van der Waals surface area (Å²) >= 11 is 0. The molecular weight excluding hydrogens is 292 g/mol. The number of aryl methyl sites for hydroxylation is 1. The van der Waals surface area contributed by atoms with Crippen LogP contribution in [0, 0.1) is 6.92 Å². The standard InChI is InChI=1S/C19H22O4/c1-10-5-12(6-14-9-19(3,4)23-18(10)14)13-7-15(21)17(11(2)20)16(22)8-13/h5-6,13,21H,7-9H2,1-4H3. The highest BCUT2D eigenvalue weighted by Gasteiger charge is 2.34. The van der Waals surface area contributed by atoms with Gasteiger partial charge in [0, 0.05) is 19.3 Å². The Labute approximate surface area is 136 Å². The Kier molecular flexibility index (Phi) is 3.58. The Morgan fingerprint density at radius 2 is 2.00 bits per heavy atom. The second kappa shape index (κ2) is 5.22. The zero-order chi connectivity index (χ0) is 16.9. The Morgan fingerprint density at radius 3 is 2.61 bits per heavy atom. The summed E-state index contributed by atoms with van der Waals surface area (Å²) in [7, 11) is 0. The maximum absolute atomic E-state index is 12.2. The summed E-state index contributed by atoms with van der Waals surface area (Å²) in [6.07, 6.45) is 1.43. The molecule has 1 N–H and O–H groups in total. The SMILES string of the molecule is CC(=O)C1=C(O)CC(c2cc(C)c3c(c2)CC(C)(C)O3)CC1=O. The smallest absolute Gasteiger partial charge is 0.170 e. The predicted octanol–water partition coefficient (Wildman–Crippen LogP) is 3.56. The van der Waals surface area contributed by atoms with Crippen LogP contribution in [0.3, 0.4) is 0 Å². The first-order valence-electron chi connectivity index (χ1n) is 7.96. The lowest BCUT2D eigenvalue weighted by Crippen LogP contribution is -2.24. The summed E-state index contributed by atoms with van der Waals surface area (Å²) < 4.78 is 5.99. The summed E-state index contributed by atoms with van der Waals surface area (Å²) in [5, 5.41) is 10.1. The van der Waals surface area contributed by atoms with E-state index in [4.69, 9.17) is 4.74 Å². The first-order valence-corrected chi connectivity index (χ1v) is 7.96. The predicted molar refractivity (Wildman–Crippen MR) is 86.9 cm³/mol. The number of rotatable bonds is 2. The van der Waals surface area contributed by atoms with Crippen LogP contribution in [-0.2, 0) is 16.0 Å². The normalized spacial score (nSPS) is 22.8. The number of hydrogen-bond donors (Lipinski definition) is 1. The van der Waals surface area contributed by atoms with E-state index < -0.39 is 0 Å². The van der Waals surface area contributed by atoms with Gasteiger partial charge in [-0.2, -0.15) is 0 Å². The summed E-state index contributed by atoms with van der Waals surface area (Å²) in [5.41, 5.74) is 3.00. The zero-order valence-corrected chi connectivity index (χ0v) is 14.0. The van der Waals surface area contributed by atoms with Gasteiger partial charge in [-0.25, -0.2) is 0 Å². The topological polar surface area (TPSA) is 63.6 Å². The van der Waals surface area contributed by atoms with Crippen molar-refractivity contribution in [1.82, 2.24) is 0 Å². The lowest BCUT2D eigenvalue weighted by atomic mass is 9.80. The van der Waals surface area contributed by atoms with Crippen molar-refractivity contribution in [2.24, 2.45) is 0 Å². The van der Waals surface area contributed by atoms with Gasteiger partial charge in [0.25, 0.3) is 0 Å². The van der Waals surface area contributed by atoms with Crippen LogP contribution >= 0.6 is 0 Å². The van der Waals surface area contributed by atoms with Crippen LogP contribution < -0.4 is 4.74 Å². The van der Waals surface area contributed by atoms with Crippen LogP contribution in [0.5, 0.6) is 5.75 Å². The maximum Gasteiger partial charge on any atom is 0.170 e. The van der Waals surface area contributed by atoms with E-state index >= 15 is 0 Å². The van der Waals surface area contributed by atoms with Gasteiger partial charge in [-0.15, -0.1) is 0 Å². The first kappa shape index (κ1) is 15.8. The molecule has 1 heterocycles. The van der Waals surface area contributed by atoms with E-state index in [2.05, 4.69) is 19.9 Å². The van der Waals surface area contributed by atoms with Gasteiger partial charge in [-0.1, -0.05) is 12.1 Å². The third-order valence-corrected chi connectivity index (χ3v) is 4.63. The lowest BCUT2D eigenvalue weighted by Gasteiger charge is -2.23. The highest BCUT2D eigenvalue weighted by molar-refractivity contribution is 6.20. The van der Waals surface area contributed by atoms with Crippen molar-refractivity contribution in [2.75, 3.05) is 0 Å². The van der Waals surface area contributed by atoms with E-state index in [1.165, 1.54) is 6.92 Å². The van der Waals surface area contributed by atoms with Crippen molar-refractivity contribution < 1.29 is 19.4 Å². The summed E-state index contributed by atoms with van der Waals surface area (Å²) in [6.45, 7) is 7.45. The fourth-order valence-electron chi connectivity index (χ4n) is 3.69. The molecule has 1 aliphatic heterocycles. The second-order valence-corrected chi connectivity index (χ2v) is 7.27. The third-order valence-electron chi connectivity index (χ3n) is 4.63. The van der Waals surface area contributed by atoms with Crippen LogP contribution in [-0.4, -0.2) is 22.3 Å². The number of benzene rings is 1. The highest BCUT2D eigenvalue weighted by atomic mass is 16.5. The fraction of sp³-hybridized carbons (Fsp3) is 0.474. The zero-order valence-electron chi connectivity index (χ0n) is 14.0. The molecule has 122 valence electrons. The summed E-state index contributed by atoms with van der Waals surface area (Å²) in [5.74, 6) is 0.157. The van der Waals surface area contributed by atoms with Gasteiger partial charge in [-0.05, 0) is 50.3 Å². The molecule has 1 atom stereocenters. The lowest BCUT2D eigenvalue weighted by molar-refractivity contribution is -0.121. The van der Waals surface area contributed by atoms with Gasteiger partial charge in [0.1, 0.15) is 17.1 Å². The van der Waals surface area contributed by atoms with Gasteiger partial charge in [-0.3, -0.25) is 9.59 Å². The quantitative estimate of drug-likeness (QED) is 0.848. The van der Waals surface area contributed by atoms with Crippen LogP contribution in [0.4, 0.5) is 0 Å². The molecule has 1 unspecified atom stereocenters. The molecule has 0 radical (unpaired) electrons. The number of fused-ring (bicyclic) bond motifs is 1. The molecule has 0 fully saturated rings. The largest absolute Gasteiger partial charge is 0.511 e. The fourth-order valence-corrected chi connectivity index (χ4v) is 3.69. The van der Waals surface area contributed by atoms with Crippen molar-refractivity contribution in [3.63, 3.8) is 0 Å². The number of carbonyl (C=O) groups excluding carboxylic acids is 2. The molecular formula is C19H22O4. The van der Waals surface area contributed by atoms with Gasteiger partial charge >= 0.3 is 0 Å². The third kappa shape index (κ3) is 2.78. The van der Waals surface area contributed by atoms with Gasteiger partial charge in [0.05, 0.1) is 5.57 Å². The van der Waals surface area contributed by atoms with E-state index in [1.54, 1.807) is 0 Å². The Bertz CT molecular complexity index is 740. The minimum Gasteiger partial charge on any atom is -0.511 e. The summed E-state index contributed by atoms with van der Waals surface area (Å²) in [6, 6.07) is 4.12. The van der Waals surface area contributed by atoms with Crippen molar-refractivity contribution >= 4 is 11.6 Å². The van der Waals surface area contributed by atoms with Gasteiger partial charge in [0.15, 0.2) is 11.6 Å². The monoisotopic (exact) mass is 314 g/mol. The van der Waals surface area contributed by atoms with E-state index in [1.807, 2.05) is 13.0 Å². The number of aliphatic hydroxyl groups is 1. The minimum absolute atomic E-state index is 0.0244. The van der Waals surface area contributed by atoms with Crippen molar-refractivity contribution in [3.05, 3.63) is 40.2 Å². The molecule has 23 heavy (non-hydrogen) atoms.